The maximum absolute atomic E-state index is 4.46. The summed E-state index contributed by atoms with van der Waals surface area (Å²) < 4.78 is 3.14. The van der Waals surface area contributed by atoms with Crippen LogP contribution in [0.15, 0.2) is 41.0 Å². The van der Waals surface area contributed by atoms with Crippen molar-refractivity contribution in [1.29, 1.82) is 0 Å². The molecule has 0 aliphatic carbocycles. The van der Waals surface area contributed by atoms with Crippen molar-refractivity contribution >= 4 is 15.9 Å². The first-order valence-corrected chi connectivity index (χ1v) is 7.37. The molecule has 2 rings (SSSR count). The summed E-state index contributed by atoms with van der Waals surface area (Å²) in [6, 6.07) is 11.1. The number of hydrogen-bond donors (Lipinski definition) is 1. The molecule has 2 aromatic rings. The van der Waals surface area contributed by atoms with Crippen LogP contribution in [-0.4, -0.2) is 16.8 Å². The van der Waals surface area contributed by atoms with Crippen LogP contribution in [0.25, 0.3) is 0 Å². The highest BCUT2D eigenvalue weighted by atomic mass is 79.9. The summed E-state index contributed by atoms with van der Waals surface area (Å²) in [5.41, 5.74) is 2.53. The van der Waals surface area contributed by atoms with Gasteiger partial charge in [0.05, 0.1) is 22.4 Å². The fraction of sp³-hybridized carbons (Fsp3) is 0.400. The zero-order chi connectivity index (χ0) is 13.8. The third-order valence-corrected chi connectivity index (χ3v) is 3.85. The van der Waals surface area contributed by atoms with Gasteiger partial charge >= 0.3 is 0 Å². The molecule has 0 aliphatic rings. The van der Waals surface area contributed by atoms with Crippen LogP contribution in [0, 0.1) is 0 Å². The maximum Gasteiger partial charge on any atom is 0.0702 e. The Bertz CT molecular complexity index is 519. The molecule has 1 aromatic heterocycles. The number of hydrogen-bond acceptors (Lipinski definition) is 2. The highest BCUT2D eigenvalue weighted by Crippen LogP contribution is 2.28. The second-order valence-corrected chi connectivity index (χ2v) is 5.80. The molecule has 1 unspecified atom stereocenters. The van der Waals surface area contributed by atoms with Crippen LogP contribution in [-0.2, 0) is 6.42 Å². The third kappa shape index (κ3) is 3.25. The van der Waals surface area contributed by atoms with Gasteiger partial charge in [-0.3, -0.25) is 4.68 Å². The molecule has 4 heteroatoms. The van der Waals surface area contributed by atoms with Crippen molar-refractivity contribution in [2.75, 3.05) is 7.05 Å². The molecule has 1 N–H and O–H groups in total. The first-order chi connectivity index (χ1) is 9.13. The highest BCUT2D eigenvalue weighted by Gasteiger charge is 2.20. The maximum atomic E-state index is 4.46. The van der Waals surface area contributed by atoms with Crippen LogP contribution in [0.3, 0.4) is 0 Å². The van der Waals surface area contributed by atoms with Gasteiger partial charge in [0.1, 0.15) is 0 Å². The van der Waals surface area contributed by atoms with E-state index in [0.29, 0.717) is 6.04 Å². The SMILES string of the molecule is CNC(Cc1ccccc1)c1c(Br)cnn1C(C)C. The largest absolute Gasteiger partial charge is 0.311 e. The molecular weight excluding hydrogens is 302 g/mol. The second-order valence-electron chi connectivity index (χ2n) is 4.95. The number of halogens is 1. The number of benzene rings is 1. The fourth-order valence-electron chi connectivity index (χ4n) is 2.27. The minimum atomic E-state index is 0.252. The smallest absolute Gasteiger partial charge is 0.0702 e. The average Bonchev–Trinajstić information content (AvgIpc) is 2.79. The zero-order valence-electron chi connectivity index (χ0n) is 11.6. The minimum absolute atomic E-state index is 0.252. The lowest BCUT2D eigenvalue weighted by molar-refractivity contribution is 0.458. The fourth-order valence-corrected chi connectivity index (χ4v) is 2.82. The lowest BCUT2D eigenvalue weighted by Gasteiger charge is -2.20. The van der Waals surface area contributed by atoms with Crippen molar-refractivity contribution in [2.45, 2.75) is 32.4 Å². The van der Waals surface area contributed by atoms with E-state index in [0.717, 1.165) is 10.9 Å². The molecule has 0 amide bonds. The summed E-state index contributed by atoms with van der Waals surface area (Å²) in [6.45, 7) is 4.30. The molecule has 0 saturated heterocycles. The molecule has 0 bridgehead atoms. The van der Waals surface area contributed by atoms with Crippen molar-refractivity contribution in [3.05, 3.63) is 52.3 Å². The average molecular weight is 322 g/mol. The van der Waals surface area contributed by atoms with Gasteiger partial charge in [0, 0.05) is 6.04 Å². The first kappa shape index (κ1) is 14.3. The van der Waals surface area contributed by atoms with Crippen molar-refractivity contribution in [3.63, 3.8) is 0 Å². The normalized spacial score (nSPS) is 12.9. The van der Waals surface area contributed by atoms with Crippen molar-refractivity contribution < 1.29 is 0 Å². The van der Waals surface area contributed by atoms with Gasteiger partial charge < -0.3 is 5.32 Å². The van der Waals surface area contributed by atoms with Crippen molar-refractivity contribution in [3.8, 4) is 0 Å². The molecule has 102 valence electrons. The third-order valence-electron chi connectivity index (χ3n) is 3.24. The van der Waals surface area contributed by atoms with E-state index < -0.39 is 0 Å². The summed E-state index contributed by atoms with van der Waals surface area (Å²) >= 11 is 3.62. The molecule has 0 fully saturated rings. The van der Waals surface area contributed by atoms with E-state index in [4.69, 9.17) is 0 Å². The summed E-state index contributed by atoms with van der Waals surface area (Å²) in [5, 5.41) is 7.85. The Morgan fingerprint density at radius 3 is 2.53 bits per heavy atom. The molecule has 1 atom stereocenters. The molecule has 3 nitrogen and oxygen atoms in total. The molecule has 19 heavy (non-hydrogen) atoms. The zero-order valence-corrected chi connectivity index (χ0v) is 13.2. The molecular formula is C15H20BrN3. The Labute approximate surface area is 123 Å². The highest BCUT2D eigenvalue weighted by molar-refractivity contribution is 9.10. The standard InChI is InChI=1S/C15H20BrN3/c1-11(2)19-15(13(16)10-18-19)14(17-3)9-12-7-5-4-6-8-12/h4-8,10-11,14,17H,9H2,1-3H3. The van der Waals surface area contributed by atoms with Gasteiger partial charge in [0.25, 0.3) is 0 Å². The monoisotopic (exact) mass is 321 g/mol. The van der Waals surface area contributed by atoms with E-state index in [2.05, 4.69) is 69.1 Å². The Balaban J connectivity index is 2.29. The van der Waals surface area contributed by atoms with Gasteiger partial charge in [-0.25, -0.2) is 0 Å². The van der Waals surface area contributed by atoms with E-state index in [1.54, 1.807) is 0 Å². The summed E-state index contributed by atoms with van der Waals surface area (Å²) in [4.78, 5) is 0. The predicted molar refractivity (Wildman–Crippen MR) is 82.3 cm³/mol. The van der Waals surface area contributed by atoms with Gasteiger partial charge in [-0.05, 0) is 48.8 Å². The Kier molecular flexibility index (Phi) is 4.77. The van der Waals surface area contributed by atoms with Gasteiger partial charge in [0.15, 0.2) is 0 Å². The van der Waals surface area contributed by atoms with E-state index in [-0.39, 0.29) is 6.04 Å². The van der Waals surface area contributed by atoms with Gasteiger partial charge in [-0.1, -0.05) is 30.3 Å². The number of aromatic nitrogens is 2. The van der Waals surface area contributed by atoms with Crippen molar-refractivity contribution in [2.24, 2.45) is 0 Å². The minimum Gasteiger partial charge on any atom is -0.311 e. The Hall–Kier alpha value is -1.13. The predicted octanol–water partition coefficient (Wildman–Crippen LogP) is 3.73. The van der Waals surface area contributed by atoms with E-state index >= 15 is 0 Å². The Morgan fingerprint density at radius 2 is 1.95 bits per heavy atom. The molecule has 1 aromatic carbocycles. The van der Waals surface area contributed by atoms with Crippen LogP contribution in [0.4, 0.5) is 0 Å². The van der Waals surface area contributed by atoms with E-state index in [9.17, 15) is 0 Å². The summed E-state index contributed by atoms with van der Waals surface area (Å²) in [5.74, 6) is 0. The van der Waals surface area contributed by atoms with Crippen LogP contribution < -0.4 is 5.32 Å². The first-order valence-electron chi connectivity index (χ1n) is 6.57. The van der Waals surface area contributed by atoms with E-state index in [1.807, 2.05) is 19.3 Å². The number of rotatable bonds is 5. The molecule has 0 radical (unpaired) electrons. The number of nitrogens with zero attached hydrogens (tertiary/aromatic N) is 2. The molecule has 0 spiro atoms. The van der Waals surface area contributed by atoms with Gasteiger partial charge in [-0.15, -0.1) is 0 Å². The van der Waals surface area contributed by atoms with Crippen LogP contribution in [0.5, 0.6) is 0 Å². The Morgan fingerprint density at radius 1 is 1.26 bits per heavy atom. The van der Waals surface area contributed by atoms with E-state index in [1.165, 1.54) is 11.3 Å². The number of nitrogens with one attached hydrogen (secondary N) is 1. The summed E-state index contributed by atoms with van der Waals surface area (Å²) in [7, 11) is 2.00. The topological polar surface area (TPSA) is 29.9 Å². The van der Waals surface area contributed by atoms with Crippen LogP contribution in [0.1, 0.15) is 37.2 Å². The van der Waals surface area contributed by atoms with Gasteiger partial charge in [-0.2, -0.15) is 5.10 Å². The van der Waals surface area contributed by atoms with Gasteiger partial charge in [0.2, 0.25) is 0 Å². The van der Waals surface area contributed by atoms with Crippen LogP contribution >= 0.6 is 15.9 Å². The molecule has 0 aliphatic heterocycles. The second kappa shape index (κ2) is 6.35. The number of likely N-dealkylation sites (N-methyl/N-ethyl adjacent to an activating group) is 1. The summed E-state index contributed by atoms with van der Waals surface area (Å²) in [6.07, 6.45) is 2.83. The molecule has 0 saturated carbocycles. The van der Waals surface area contributed by atoms with Crippen LogP contribution in [0.2, 0.25) is 0 Å². The quantitative estimate of drug-likeness (QED) is 0.909. The molecule has 1 heterocycles. The lowest BCUT2D eigenvalue weighted by Crippen LogP contribution is -2.23. The van der Waals surface area contributed by atoms with Crippen molar-refractivity contribution in [1.82, 2.24) is 15.1 Å². The lowest BCUT2D eigenvalue weighted by atomic mass is 10.0.